The Morgan fingerprint density at radius 3 is 2.82 bits per heavy atom. The molecule has 28 heavy (non-hydrogen) atoms. The van der Waals surface area contributed by atoms with Gasteiger partial charge in [0.15, 0.2) is 0 Å². The summed E-state index contributed by atoms with van der Waals surface area (Å²) in [5.74, 6) is 0.707. The number of rotatable bonds is 6. The molecule has 0 saturated heterocycles. The van der Waals surface area contributed by atoms with Crippen molar-refractivity contribution in [1.82, 2.24) is 19.9 Å². The molecule has 140 valence electrons. The Labute approximate surface area is 169 Å². The maximum Gasteiger partial charge on any atom is 0.249 e. The molecule has 0 aliphatic rings. The summed E-state index contributed by atoms with van der Waals surface area (Å²) < 4.78 is 0. The summed E-state index contributed by atoms with van der Waals surface area (Å²) in [4.78, 5) is 26.7. The van der Waals surface area contributed by atoms with Gasteiger partial charge in [-0.3, -0.25) is 4.79 Å². The normalized spacial score (nSPS) is 11.3. The van der Waals surface area contributed by atoms with E-state index in [9.17, 15) is 4.79 Å². The Hall–Kier alpha value is -2.97. The largest absolute Gasteiger partial charge is 0.340 e. The predicted octanol–water partition coefficient (Wildman–Crippen LogP) is 2.27. The van der Waals surface area contributed by atoms with Crippen molar-refractivity contribution in [2.24, 2.45) is 0 Å². The summed E-state index contributed by atoms with van der Waals surface area (Å²) in [6.45, 7) is 0.671. The van der Waals surface area contributed by atoms with Crippen molar-refractivity contribution in [2.75, 3.05) is 31.3 Å². The highest BCUT2D eigenvalue weighted by Gasteiger charge is 2.08. The zero-order valence-corrected chi connectivity index (χ0v) is 16.2. The third-order valence-electron chi connectivity index (χ3n) is 3.77. The Kier molecular flexibility index (Phi) is 6.23. The zero-order chi connectivity index (χ0) is 20.1. The number of fused-ring (bicyclic) bond motifs is 1. The maximum absolute atomic E-state index is 12.0. The van der Waals surface area contributed by atoms with Crippen molar-refractivity contribution in [3.05, 3.63) is 54.0 Å². The van der Waals surface area contributed by atoms with Crippen LogP contribution < -0.4 is 16.1 Å². The van der Waals surface area contributed by atoms with Gasteiger partial charge in [-0.1, -0.05) is 23.1 Å². The van der Waals surface area contributed by atoms with E-state index in [-0.39, 0.29) is 5.91 Å². The highest BCUT2D eigenvalue weighted by molar-refractivity contribution is 6.45. The molecule has 3 aromatic rings. The van der Waals surface area contributed by atoms with Crippen LogP contribution in [0.4, 0.5) is 17.3 Å². The molecule has 0 fully saturated rings. The van der Waals surface area contributed by atoms with E-state index < -0.39 is 0 Å². The van der Waals surface area contributed by atoms with E-state index in [0.717, 1.165) is 5.69 Å². The van der Waals surface area contributed by atoms with Crippen LogP contribution in [-0.4, -0.2) is 54.2 Å². The fourth-order valence-corrected chi connectivity index (χ4v) is 2.54. The topological polar surface area (TPSA) is 83.0 Å². The van der Waals surface area contributed by atoms with Crippen LogP contribution in [0.15, 0.2) is 48.9 Å². The lowest BCUT2D eigenvalue weighted by atomic mass is 9.96. The molecule has 1 amide bonds. The smallest absolute Gasteiger partial charge is 0.249 e. The van der Waals surface area contributed by atoms with Crippen molar-refractivity contribution in [3.63, 3.8) is 0 Å². The predicted molar refractivity (Wildman–Crippen MR) is 114 cm³/mol. The summed E-state index contributed by atoms with van der Waals surface area (Å²) >= 11 is 5.97. The SMILES string of the molecule is [B]c1cc(Nc2ncnc3cnc(NC(=O)C=CCN(C)C)cc23)ccc1Cl. The highest BCUT2D eigenvalue weighted by atomic mass is 35.5. The van der Waals surface area contributed by atoms with Gasteiger partial charge in [-0.2, -0.15) is 0 Å². The fraction of sp³-hybridized carbons (Fsp3) is 0.158. The molecule has 0 aliphatic heterocycles. The standard InChI is InChI=1S/C19H18BClN6O/c1-27(2)7-3-4-18(28)26-17-9-13-16(10-22-17)23-11-24-19(13)25-12-5-6-15(21)14(20)8-12/h3-6,8-11H,7H2,1-2H3,(H,22,26,28)(H,23,24,25). The third-order valence-corrected chi connectivity index (χ3v) is 4.12. The van der Waals surface area contributed by atoms with Gasteiger partial charge in [-0.05, 0) is 38.4 Å². The van der Waals surface area contributed by atoms with Crippen LogP contribution in [0.1, 0.15) is 0 Å². The van der Waals surface area contributed by atoms with Gasteiger partial charge in [0, 0.05) is 28.7 Å². The molecule has 2 radical (unpaired) electrons. The second kappa shape index (κ2) is 8.82. The van der Waals surface area contributed by atoms with Gasteiger partial charge in [-0.25, -0.2) is 15.0 Å². The lowest BCUT2D eigenvalue weighted by Crippen LogP contribution is -2.13. The lowest BCUT2D eigenvalue weighted by molar-refractivity contribution is -0.111. The number of hydrogen-bond donors (Lipinski definition) is 2. The first kappa shape index (κ1) is 19.8. The maximum atomic E-state index is 12.0. The number of pyridine rings is 1. The molecule has 3 rings (SSSR count). The number of nitrogens with one attached hydrogen (secondary N) is 2. The molecule has 2 N–H and O–H groups in total. The second-order valence-electron chi connectivity index (χ2n) is 6.32. The average Bonchev–Trinajstić information content (AvgIpc) is 2.65. The summed E-state index contributed by atoms with van der Waals surface area (Å²) in [7, 11) is 9.71. The fourth-order valence-electron chi connectivity index (χ4n) is 2.42. The van der Waals surface area contributed by atoms with E-state index in [1.54, 1.807) is 36.5 Å². The minimum absolute atomic E-state index is 0.259. The third kappa shape index (κ3) is 5.06. The summed E-state index contributed by atoms with van der Waals surface area (Å²) in [6, 6.07) is 6.94. The molecular formula is C19H18BClN6O. The number of amides is 1. The molecule has 7 nitrogen and oxygen atoms in total. The lowest BCUT2D eigenvalue weighted by Gasteiger charge is -2.10. The molecule has 0 bridgehead atoms. The van der Waals surface area contributed by atoms with Crippen molar-refractivity contribution in [1.29, 1.82) is 0 Å². The highest BCUT2D eigenvalue weighted by Crippen LogP contribution is 2.24. The number of halogens is 1. The van der Waals surface area contributed by atoms with Crippen LogP contribution in [0.3, 0.4) is 0 Å². The van der Waals surface area contributed by atoms with Crippen molar-refractivity contribution in [2.45, 2.75) is 0 Å². The van der Waals surface area contributed by atoms with Crippen LogP contribution in [0.5, 0.6) is 0 Å². The van der Waals surface area contributed by atoms with Gasteiger partial charge in [-0.15, -0.1) is 0 Å². The number of aromatic nitrogens is 3. The monoisotopic (exact) mass is 392 g/mol. The van der Waals surface area contributed by atoms with Crippen LogP contribution in [0.2, 0.25) is 5.02 Å². The molecule has 0 saturated carbocycles. The summed E-state index contributed by atoms with van der Waals surface area (Å²) in [6.07, 6.45) is 6.27. The van der Waals surface area contributed by atoms with Gasteiger partial charge in [0.05, 0.1) is 11.7 Å². The van der Waals surface area contributed by atoms with Crippen molar-refractivity contribution >= 4 is 59.0 Å². The molecule has 0 atom stereocenters. The number of hydrogen-bond acceptors (Lipinski definition) is 6. The van der Waals surface area contributed by atoms with Gasteiger partial charge in [0.2, 0.25) is 5.91 Å². The number of anilines is 3. The first-order valence-electron chi connectivity index (χ1n) is 8.47. The summed E-state index contributed by atoms with van der Waals surface area (Å²) in [5, 5.41) is 7.12. The molecule has 2 aromatic heterocycles. The quantitative estimate of drug-likeness (QED) is 0.495. The van der Waals surface area contributed by atoms with Crippen LogP contribution in [0.25, 0.3) is 10.9 Å². The molecule has 0 unspecified atom stereocenters. The van der Waals surface area contributed by atoms with Gasteiger partial charge >= 0.3 is 0 Å². The zero-order valence-electron chi connectivity index (χ0n) is 15.5. The van der Waals surface area contributed by atoms with E-state index in [0.29, 0.717) is 39.6 Å². The number of nitrogens with zero attached hydrogens (tertiary/aromatic N) is 4. The van der Waals surface area contributed by atoms with E-state index >= 15 is 0 Å². The van der Waals surface area contributed by atoms with Gasteiger partial charge < -0.3 is 15.5 Å². The number of carbonyl (C=O) groups excluding carboxylic acids is 1. The molecule has 9 heteroatoms. The Morgan fingerprint density at radius 1 is 1.25 bits per heavy atom. The number of likely N-dealkylation sites (N-methyl/N-ethyl adjacent to an activating group) is 1. The molecule has 0 aliphatic carbocycles. The van der Waals surface area contributed by atoms with Crippen molar-refractivity contribution in [3.8, 4) is 0 Å². The van der Waals surface area contributed by atoms with Crippen LogP contribution in [-0.2, 0) is 4.79 Å². The van der Waals surface area contributed by atoms with Gasteiger partial charge in [0.1, 0.15) is 25.8 Å². The van der Waals surface area contributed by atoms with E-state index in [4.69, 9.17) is 19.4 Å². The molecular weight excluding hydrogens is 375 g/mol. The summed E-state index contributed by atoms with van der Waals surface area (Å²) in [5.41, 5.74) is 1.83. The van der Waals surface area contributed by atoms with Crippen LogP contribution >= 0.6 is 11.6 Å². The Balaban J connectivity index is 1.84. The first-order chi connectivity index (χ1) is 13.4. The minimum atomic E-state index is -0.259. The number of benzene rings is 1. The van der Waals surface area contributed by atoms with E-state index in [1.165, 1.54) is 12.4 Å². The Bertz CT molecular complexity index is 1040. The molecule has 0 spiro atoms. The minimum Gasteiger partial charge on any atom is -0.340 e. The second-order valence-corrected chi connectivity index (χ2v) is 6.73. The van der Waals surface area contributed by atoms with Gasteiger partial charge in [0.25, 0.3) is 0 Å². The first-order valence-corrected chi connectivity index (χ1v) is 8.85. The number of carbonyl (C=O) groups is 1. The van der Waals surface area contributed by atoms with Crippen molar-refractivity contribution < 1.29 is 4.79 Å². The van der Waals surface area contributed by atoms with E-state index in [2.05, 4.69) is 25.6 Å². The Morgan fingerprint density at radius 2 is 2.07 bits per heavy atom. The van der Waals surface area contributed by atoms with E-state index in [1.807, 2.05) is 19.0 Å². The molecule has 1 aromatic carbocycles. The average molecular weight is 393 g/mol. The van der Waals surface area contributed by atoms with Crippen LogP contribution in [0, 0.1) is 0 Å². The molecule has 2 heterocycles.